The molecule has 0 rings (SSSR count). The number of carbonyl (C=O) groups excluding carboxylic acids is 3. The molecule has 450 valence electrons. The average molecular weight is 1090 g/mol. The van der Waals surface area contributed by atoms with Crippen molar-refractivity contribution in [3.63, 3.8) is 0 Å². The van der Waals surface area contributed by atoms with Crippen LogP contribution in [0.2, 0.25) is 0 Å². The molecule has 0 aliphatic heterocycles. The Bertz CT molecular complexity index is 1480. The fourth-order valence-electron chi connectivity index (χ4n) is 9.71. The van der Waals surface area contributed by atoms with E-state index in [4.69, 9.17) is 14.2 Å². The Morgan fingerprint density at radius 2 is 0.526 bits per heavy atom. The highest BCUT2D eigenvalue weighted by molar-refractivity contribution is 5.71. The van der Waals surface area contributed by atoms with Gasteiger partial charge in [-0.25, -0.2) is 0 Å². The monoisotopic (exact) mass is 1090 g/mol. The zero-order valence-electron chi connectivity index (χ0n) is 51.7. The zero-order valence-corrected chi connectivity index (χ0v) is 51.7. The zero-order chi connectivity index (χ0) is 56.4. The Balaban J connectivity index is 4.21. The van der Waals surface area contributed by atoms with Crippen molar-refractivity contribution in [1.29, 1.82) is 0 Å². The molecule has 1 atom stereocenters. The van der Waals surface area contributed by atoms with Crippen LogP contribution >= 0.6 is 0 Å². The second-order valence-corrected chi connectivity index (χ2v) is 22.3. The molecule has 0 aromatic heterocycles. The maximum absolute atomic E-state index is 12.9. The van der Waals surface area contributed by atoms with Gasteiger partial charge in [0.05, 0.1) is 0 Å². The maximum atomic E-state index is 12.9. The summed E-state index contributed by atoms with van der Waals surface area (Å²) >= 11 is 0. The van der Waals surface area contributed by atoms with E-state index in [2.05, 4.69) is 99.8 Å². The minimum Gasteiger partial charge on any atom is -0.462 e. The number of carbonyl (C=O) groups is 3. The molecule has 0 bridgehead atoms. The van der Waals surface area contributed by atoms with E-state index >= 15 is 0 Å². The van der Waals surface area contributed by atoms with Crippen LogP contribution in [-0.2, 0) is 28.6 Å². The van der Waals surface area contributed by atoms with Crippen LogP contribution < -0.4 is 0 Å². The number of esters is 3. The minimum atomic E-state index is -0.811. The van der Waals surface area contributed by atoms with E-state index < -0.39 is 6.10 Å². The van der Waals surface area contributed by atoms with E-state index in [-0.39, 0.29) is 37.5 Å². The van der Waals surface area contributed by atoms with Crippen LogP contribution in [0.4, 0.5) is 0 Å². The number of hydrogen-bond donors (Lipinski definition) is 0. The van der Waals surface area contributed by atoms with Gasteiger partial charge in [0.15, 0.2) is 6.10 Å². The highest BCUT2D eigenvalue weighted by atomic mass is 16.6. The van der Waals surface area contributed by atoms with E-state index in [1.807, 2.05) is 6.08 Å². The first-order valence-electron chi connectivity index (χ1n) is 33.6. The second-order valence-electron chi connectivity index (χ2n) is 22.3. The smallest absolute Gasteiger partial charge is 0.306 e. The standard InChI is InChI=1S/C72H126O6/c1-4-7-10-13-16-19-22-25-27-29-30-31-32-33-34-35-36-37-38-39-40-41-43-44-47-50-53-56-59-62-65-71(74)77-68-69(67-76-70(73)64-61-58-55-52-49-46-24-21-18-15-12-9-6-3)78-72(75)66-63-60-57-54-51-48-45-42-28-26-23-20-17-14-11-8-5-2/h8-9,11-12,17-18,20-21,26,28,46,49,55,58,69H,4-7,10,13-16,19,22-25,27,29-45,47-48,50-54,56-57,59-68H2,1-3H3/b11-8-,12-9-,20-17-,21-18-,28-26-,49-46-,58-55-. The molecule has 6 heteroatoms. The quantitative estimate of drug-likeness (QED) is 0.0261. The van der Waals surface area contributed by atoms with Gasteiger partial charge in [-0.3, -0.25) is 14.4 Å². The van der Waals surface area contributed by atoms with Gasteiger partial charge >= 0.3 is 17.9 Å². The second kappa shape index (κ2) is 66.1. The summed E-state index contributed by atoms with van der Waals surface area (Å²) in [5, 5.41) is 0. The Kier molecular flexibility index (Phi) is 63.2. The van der Waals surface area contributed by atoms with Gasteiger partial charge in [0.1, 0.15) is 13.2 Å². The molecule has 78 heavy (non-hydrogen) atoms. The van der Waals surface area contributed by atoms with Crippen LogP contribution in [0.1, 0.15) is 335 Å². The van der Waals surface area contributed by atoms with Crippen molar-refractivity contribution in [2.75, 3.05) is 13.2 Å². The lowest BCUT2D eigenvalue weighted by atomic mass is 10.0. The molecule has 0 fully saturated rings. The van der Waals surface area contributed by atoms with Gasteiger partial charge in [-0.15, -0.1) is 0 Å². The van der Waals surface area contributed by atoms with Crippen molar-refractivity contribution >= 4 is 17.9 Å². The molecule has 0 aromatic carbocycles. The third-order valence-corrected chi connectivity index (χ3v) is 14.7. The molecule has 0 aliphatic carbocycles. The first-order chi connectivity index (χ1) is 38.5. The van der Waals surface area contributed by atoms with Gasteiger partial charge in [-0.05, 0) is 77.0 Å². The van der Waals surface area contributed by atoms with Gasteiger partial charge in [-0.1, -0.05) is 324 Å². The number of hydrogen-bond acceptors (Lipinski definition) is 6. The van der Waals surface area contributed by atoms with Crippen molar-refractivity contribution in [2.45, 2.75) is 341 Å². The first-order valence-corrected chi connectivity index (χ1v) is 33.6. The number of unbranched alkanes of at least 4 members (excludes halogenated alkanes) is 36. The van der Waals surface area contributed by atoms with Crippen LogP contribution in [0.25, 0.3) is 0 Å². The molecule has 0 amide bonds. The molecule has 1 unspecified atom stereocenters. The van der Waals surface area contributed by atoms with Crippen LogP contribution in [0, 0.1) is 0 Å². The molecule has 0 radical (unpaired) electrons. The molecule has 0 N–H and O–H groups in total. The molecule has 6 nitrogen and oxygen atoms in total. The minimum absolute atomic E-state index is 0.100. The van der Waals surface area contributed by atoms with E-state index in [1.165, 1.54) is 199 Å². The summed E-state index contributed by atoms with van der Waals surface area (Å²) in [7, 11) is 0. The Labute approximate surface area is 484 Å². The molecule has 0 spiro atoms. The van der Waals surface area contributed by atoms with Crippen LogP contribution in [-0.4, -0.2) is 37.2 Å². The van der Waals surface area contributed by atoms with Gasteiger partial charge in [0.25, 0.3) is 0 Å². The molecule has 0 saturated heterocycles. The molecular weight excluding hydrogens is 961 g/mol. The first kappa shape index (κ1) is 74.6. The largest absolute Gasteiger partial charge is 0.462 e. The highest BCUT2D eigenvalue weighted by Gasteiger charge is 2.19. The molecule has 0 saturated carbocycles. The van der Waals surface area contributed by atoms with Gasteiger partial charge in [0, 0.05) is 19.3 Å². The summed E-state index contributed by atoms with van der Waals surface area (Å²) in [5.74, 6) is -0.983. The Hall–Kier alpha value is -3.41. The molecule has 0 heterocycles. The predicted octanol–water partition coefficient (Wildman–Crippen LogP) is 23.1. The van der Waals surface area contributed by atoms with Gasteiger partial charge in [-0.2, -0.15) is 0 Å². The summed E-state index contributed by atoms with van der Waals surface area (Å²) < 4.78 is 16.8. The normalized spacial score (nSPS) is 12.6. The number of allylic oxidation sites excluding steroid dienone is 14. The number of rotatable bonds is 61. The van der Waals surface area contributed by atoms with Crippen molar-refractivity contribution in [1.82, 2.24) is 0 Å². The summed E-state index contributed by atoms with van der Waals surface area (Å²) in [6.07, 6.45) is 87.8. The fourth-order valence-corrected chi connectivity index (χ4v) is 9.71. The fraction of sp³-hybridized carbons (Fsp3) is 0.764. The molecule has 0 aliphatic rings. The van der Waals surface area contributed by atoms with Crippen molar-refractivity contribution in [3.8, 4) is 0 Å². The van der Waals surface area contributed by atoms with Crippen molar-refractivity contribution in [3.05, 3.63) is 85.1 Å². The summed E-state index contributed by atoms with van der Waals surface area (Å²) in [4.78, 5) is 38.2. The van der Waals surface area contributed by atoms with Crippen LogP contribution in [0.3, 0.4) is 0 Å². The van der Waals surface area contributed by atoms with Gasteiger partial charge < -0.3 is 14.2 Å². The summed E-state index contributed by atoms with van der Waals surface area (Å²) in [6.45, 7) is 6.38. The summed E-state index contributed by atoms with van der Waals surface area (Å²) in [5.41, 5.74) is 0. The lowest BCUT2D eigenvalue weighted by Gasteiger charge is -2.18. The Morgan fingerprint density at radius 3 is 0.859 bits per heavy atom. The molecule has 0 aromatic rings. The van der Waals surface area contributed by atoms with Crippen molar-refractivity contribution in [2.24, 2.45) is 0 Å². The van der Waals surface area contributed by atoms with Crippen molar-refractivity contribution < 1.29 is 28.6 Å². The predicted molar refractivity (Wildman–Crippen MR) is 339 cm³/mol. The highest BCUT2D eigenvalue weighted by Crippen LogP contribution is 2.18. The van der Waals surface area contributed by atoms with E-state index in [1.54, 1.807) is 0 Å². The SMILES string of the molecule is CC/C=C\C/C=C\C/C=C\C/C=C\CCC(=O)OCC(COC(=O)CCCCCCCCCCCCCCCCCCCCCCCCCCCCCCCC)OC(=O)CCCCCCCCC/C=C\C/C=C\C/C=C\CC. The number of ether oxygens (including phenoxy) is 3. The summed E-state index contributed by atoms with van der Waals surface area (Å²) in [6, 6.07) is 0. The lowest BCUT2D eigenvalue weighted by Crippen LogP contribution is -2.30. The van der Waals surface area contributed by atoms with Gasteiger partial charge in [0.2, 0.25) is 0 Å². The molecular formula is C72H126O6. The third-order valence-electron chi connectivity index (χ3n) is 14.7. The van der Waals surface area contributed by atoms with Crippen LogP contribution in [0.15, 0.2) is 85.1 Å². The van der Waals surface area contributed by atoms with Crippen LogP contribution in [0.5, 0.6) is 0 Å². The van der Waals surface area contributed by atoms with E-state index in [0.717, 1.165) is 89.9 Å². The third kappa shape index (κ3) is 63.4. The van der Waals surface area contributed by atoms with E-state index in [9.17, 15) is 14.4 Å². The Morgan fingerprint density at radius 1 is 0.269 bits per heavy atom. The topological polar surface area (TPSA) is 78.9 Å². The maximum Gasteiger partial charge on any atom is 0.306 e. The van der Waals surface area contributed by atoms with E-state index in [0.29, 0.717) is 19.3 Å². The lowest BCUT2D eigenvalue weighted by molar-refractivity contribution is -0.166. The average Bonchev–Trinajstić information content (AvgIpc) is 3.44.